The third-order valence-electron chi connectivity index (χ3n) is 6.64. The second-order valence-corrected chi connectivity index (χ2v) is 11.8. The highest BCUT2D eigenvalue weighted by molar-refractivity contribution is 9.10. The summed E-state index contributed by atoms with van der Waals surface area (Å²) in [5.74, 6) is -0.953. The molecule has 0 saturated carbocycles. The Bertz CT molecular complexity index is 1110. The largest absolute Gasteiger partial charge is 0.493 e. The molecule has 1 aliphatic heterocycles. The number of halogens is 1. The molecule has 0 spiro atoms. The molecule has 0 saturated heterocycles. The number of aliphatic carboxylic acids is 1. The van der Waals surface area contributed by atoms with Gasteiger partial charge in [0.15, 0.2) is 29.7 Å². The van der Waals surface area contributed by atoms with E-state index in [-0.39, 0.29) is 28.1 Å². The molecule has 0 fully saturated rings. The van der Waals surface area contributed by atoms with Gasteiger partial charge >= 0.3 is 5.97 Å². The van der Waals surface area contributed by atoms with Gasteiger partial charge in [-0.2, -0.15) is 0 Å². The fourth-order valence-corrected chi connectivity index (χ4v) is 5.98. The van der Waals surface area contributed by atoms with Gasteiger partial charge in [-0.25, -0.2) is 4.79 Å². The molecule has 34 heavy (non-hydrogen) atoms. The van der Waals surface area contributed by atoms with E-state index < -0.39 is 18.5 Å². The van der Waals surface area contributed by atoms with Crippen molar-refractivity contribution in [3.05, 3.63) is 44.7 Å². The molecule has 8 heteroatoms. The first kappa shape index (κ1) is 24.5. The number of benzene rings is 1. The van der Waals surface area contributed by atoms with Crippen LogP contribution in [-0.2, 0) is 14.4 Å². The van der Waals surface area contributed by atoms with Crippen molar-refractivity contribution in [2.75, 3.05) is 13.7 Å². The van der Waals surface area contributed by atoms with Gasteiger partial charge in [-0.05, 0) is 57.3 Å². The Morgan fingerprint density at radius 2 is 1.56 bits per heavy atom. The minimum absolute atomic E-state index is 0.0363. The van der Waals surface area contributed by atoms with E-state index in [1.54, 1.807) is 12.1 Å². The third kappa shape index (κ3) is 4.52. The summed E-state index contributed by atoms with van der Waals surface area (Å²) in [6.45, 7) is 7.81. The van der Waals surface area contributed by atoms with Crippen LogP contribution in [0.3, 0.4) is 0 Å². The number of ketones is 2. The number of carboxylic acid groups (broad SMARTS) is 1. The van der Waals surface area contributed by atoms with E-state index in [1.165, 1.54) is 7.11 Å². The number of hydrogen-bond acceptors (Lipinski definition) is 6. The summed E-state index contributed by atoms with van der Waals surface area (Å²) in [7, 11) is 1.47. The summed E-state index contributed by atoms with van der Waals surface area (Å²) in [5, 5.41) is 12.5. The number of Topliss-reactive ketones (excluding diaryl/α,β-unsaturated/α-hetero) is 2. The summed E-state index contributed by atoms with van der Waals surface area (Å²) in [4.78, 5) is 37.9. The molecule has 0 atom stereocenters. The Hall–Kier alpha value is -2.61. The molecule has 2 aliphatic carbocycles. The monoisotopic (exact) mass is 531 g/mol. The van der Waals surface area contributed by atoms with Crippen molar-refractivity contribution in [1.29, 1.82) is 0 Å². The fraction of sp³-hybridized carbons (Fsp3) is 0.500. The first-order valence-corrected chi connectivity index (χ1v) is 12.1. The zero-order valence-electron chi connectivity index (χ0n) is 20.1. The molecule has 3 aliphatic rings. The van der Waals surface area contributed by atoms with Gasteiger partial charge in [0.2, 0.25) is 0 Å². The molecular weight excluding hydrogens is 502 g/mol. The first-order valence-electron chi connectivity index (χ1n) is 11.3. The van der Waals surface area contributed by atoms with Gasteiger partial charge in [-0.15, -0.1) is 0 Å². The van der Waals surface area contributed by atoms with Gasteiger partial charge in [-0.1, -0.05) is 27.7 Å². The molecule has 7 nitrogen and oxygen atoms in total. The Labute approximate surface area is 207 Å². The Balaban J connectivity index is 1.90. The van der Waals surface area contributed by atoms with E-state index in [0.717, 1.165) is 17.0 Å². The summed E-state index contributed by atoms with van der Waals surface area (Å²) in [6, 6.07) is 3.54. The lowest BCUT2D eigenvalue weighted by Crippen LogP contribution is -2.42. The average Bonchev–Trinajstić information content (AvgIpc) is 2.68. The van der Waals surface area contributed by atoms with Crippen LogP contribution in [0.4, 0.5) is 0 Å². The van der Waals surface area contributed by atoms with E-state index >= 15 is 0 Å². The van der Waals surface area contributed by atoms with Gasteiger partial charge in [0, 0.05) is 41.3 Å². The second kappa shape index (κ2) is 8.56. The lowest BCUT2D eigenvalue weighted by Gasteiger charge is -2.44. The number of dihydropyridines is 1. The van der Waals surface area contributed by atoms with E-state index in [2.05, 4.69) is 48.9 Å². The third-order valence-corrected chi connectivity index (χ3v) is 7.23. The predicted octanol–water partition coefficient (Wildman–Crippen LogP) is 4.89. The molecule has 182 valence electrons. The van der Waals surface area contributed by atoms with Gasteiger partial charge < -0.3 is 19.9 Å². The van der Waals surface area contributed by atoms with Crippen molar-refractivity contribution < 1.29 is 29.0 Å². The van der Waals surface area contributed by atoms with Crippen molar-refractivity contribution in [3.8, 4) is 11.5 Å². The molecule has 1 aromatic rings. The number of methoxy groups -OCH3 is 1. The van der Waals surface area contributed by atoms with Crippen LogP contribution in [0.15, 0.2) is 39.1 Å². The Morgan fingerprint density at radius 1 is 1.03 bits per heavy atom. The van der Waals surface area contributed by atoms with Crippen molar-refractivity contribution in [2.24, 2.45) is 10.8 Å². The minimum Gasteiger partial charge on any atom is -0.493 e. The summed E-state index contributed by atoms with van der Waals surface area (Å²) < 4.78 is 11.4. The fourth-order valence-electron chi connectivity index (χ4n) is 5.40. The van der Waals surface area contributed by atoms with Gasteiger partial charge in [0.1, 0.15) is 0 Å². The molecule has 1 heterocycles. The smallest absolute Gasteiger partial charge is 0.341 e. The van der Waals surface area contributed by atoms with E-state index in [9.17, 15) is 14.4 Å². The standard InChI is InChI=1S/C26H30BrNO6/c1-25(2)8-15-22(17(29)10-25)21(23-16(28-15)9-26(3,4)11-18(23)30)13-6-14(27)24(19(7-13)33-5)34-12-20(31)32/h6-7,21,28H,8-12H2,1-5H3,(H,31,32). The van der Waals surface area contributed by atoms with Crippen molar-refractivity contribution in [1.82, 2.24) is 5.32 Å². The molecule has 0 bridgehead atoms. The zero-order chi connectivity index (χ0) is 25.0. The van der Waals surface area contributed by atoms with Crippen LogP contribution in [0.2, 0.25) is 0 Å². The first-order chi connectivity index (χ1) is 15.8. The average molecular weight is 532 g/mol. The van der Waals surface area contributed by atoms with Crippen molar-refractivity contribution in [2.45, 2.75) is 59.3 Å². The number of allylic oxidation sites excluding steroid dienone is 4. The number of carbonyl (C=O) groups excluding carboxylic acids is 2. The maximum Gasteiger partial charge on any atom is 0.341 e. The lowest BCUT2D eigenvalue weighted by atomic mass is 9.64. The number of carboxylic acids is 1. The topological polar surface area (TPSA) is 102 Å². The summed E-state index contributed by atoms with van der Waals surface area (Å²) in [6.07, 6.45) is 2.25. The van der Waals surface area contributed by atoms with Crippen LogP contribution >= 0.6 is 15.9 Å². The van der Waals surface area contributed by atoms with Crippen LogP contribution in [0, 0.1) is 10.8 Å². The Morgan fingerprint density at radius 3 is 2.03 bits per heavy atom. The molecular formula is C26H30BrNO6. The second-order valence-electron chi connectivity index (χ2n) is 10.9. The zero-order valence-corrected chi connectivity index (χ0v) is 21.7. The van der Waals surface area contributed by atoms with Gasteiger partial charge in [0.25, 0.3) is 0 Å². The predicted molar refractivity (Wildman–Crippen MR) is 130 cm³/mol. The summed E-state index contributed by atoms with van der Waals surface area (Å²) >= 11 is 3.48. The number of nitrogens with one attached hydrogen (secondary N) is 1. The van der Waals surface area contributed by atoms with Crippen LogP contribution in [0.1, 0.15) is 64.9 Å². The highest BCUT2D eigenvalue weighted by atomic mass is 79.9. The number of ether oxygens (including phenoxy) is 2. The van der Waals surface area contributed by atoms with Crippen LogP contribution in [0.5, 0.6) is 11.5 Å². The molecule has 0 radical (unpaired) electrons. The minimum atomic E-state index is -1.10. The SMILES string of the molecule is COc1cc(C2C3=C(CC(C)(C)CC3=O)NC3=C2C(=O)CC(C)(C)C3)cc(Br)c1OCC(=O)O. The molecule has 1 aromatic carbocycles. The van der Waals surface area contributed by atoms with Crippen LogP contribution < -0.4 is 14.8 Å². The van der Waals surface area contributed by atoms with E-state index in [1.807, 2.05) is 0 Å². The highest BCUT2D eigenvalue weighted by Crippen LogP contribution is 2.52. The number of rotatable bonds is 5. The number of carbonyl (C=O) groups is 3. The van der Waals surface area contributed by atoms with Crippen LogP contribution in [0.25, 0.3) is 0 Å². The van der Waals surface area contributed by atoms with Crippen LogP contribution in [-0.4, -0.2) is 36.4 Å². The Kier molecular flexibility index (Phi) is 6.17. The normalized spacial score (nSPS) is 21.6. The van der Waals surface area contributed by atoms with Crippen molar-refractivity contribution >= 4 is 33.5 Å². The quantitative estimate of drug-likeness (QED) is 0.557. The maximum absolute atomic E-state index is 13.5. The van der Waals surface area contributed by atoms with E-state index in [4.69, 9.17) is 14.6 Å². The molecule has 0 aromatic heterocycles. The van der Waals surface area contributed by atoms with Crippen molar-refractivity contribution in [3.63, 3.8) is 0 Å². The summed E-state index contributed by atoms with van der Waals surface area (Å²) in [5.41, 5.74) is 3.43. The molecule has 4 rings (SSSR count). The number of hydrogen-bond donors (Lipinski definition) is 2. The lowest BCUT2D eigenvalue weighted by molar-refractivity contribution is -0.139. The molecule has 2 N–H and O–H groups in total. The maximum atomic E-state index is 13.5. The van der Waals surface area contributed by atoms with Gasteiger partial charge in [0.05, 0.1) is 11.6 Å². The molecule has 0 unspecified atom stereocenters. The highest BCUT2D eigenvalue weighted by Gasteiger charge is 2.46. The molecule has 0 amide bonds. The van der Waals surface area contributed by atoms with E-state index in [0.29, 0.717) is 47.1 Å². The van der Waals surface area contributed by atoms with Gasteiger partial charge in [-0.3, -0.25) is 9.59 Å².